The Kier molecular flexibility index (Phi) is 8.51. The molecular weight excluding hydrogens is 705 g/mol. The van der Waals surface area contributed by atoms with Crippen LogP contribution in [0.2, 0.25) is 0 Å². The van der Waals surface area contributed by atoms with Crippen molar-refractivity contribution < 1.29 is 0 Å². The summed E-state index contributed by atoms with van der Waals surface area (Å²) in [5.74, 6) is 0.726. The lowest BCUT2D eigenvalue weighted by Gasteiger charge is -2.19. The lowest BCUT2D eigenvalue weighted by molar-refractivity contribution is 0.850. The summed E-state index contributed by atoms with van der Waals surface area (Å²) in [4.78, 5) is 7.74. The van der Waals surface area contributed by atoms with Gasteiger partial charge in [-0.15, -0.1) is 11.3 Å². The number of benzene rings is 7. The third-order valence-electron chi connectivity index (χ3n) is 11.0. The summed E-state index contributed by atoms with van der Waals surface area (Å²) in [7, 11) is 0. The van der Waals surface area contributed by atoms with Gasteiger partial charge in [-0.1, -0.05) is 157 Å². The maximum Gasteiger partial charge on any atom is 0.152 e. The van der Waals surface area contributed by atoms with Crippen molar-refractivity contribution in [2.75, 3.05) is 0 Å². The molecule has 2 nitrogen and oxygen atoms in total. The molecule has 0 saturated carbocycles. The molecule has 7 aromatic carbocycles. The van der Waals surface area contributed by atoms with Gasteiger partial charge >= 0.3 is 0 Å². The van der Waals surface area contributed by atoms with Gasteiger partial charge in [0.2, 0.25) is 0 Å². The smallest absolute Gasteiger partial charge is 0.152 e. The minimum atomic E-state index is 0.278. The average Bonchev–Trinajstić information content (AvgIpc) is 3.82. The van der Waals surface area contributed by atoms with Crippen molar-refractivity contribution in [1.29, 1.82) is 5.41 Å². The van der Waals surface area contributed by atoms with Crippen LogP contribution in [0.1, 0.15) is 41.5 Å². The lowest BCUT2D eigenvalue weighted by atomic mass is 9.85. The Balaban J connectivity index is 0.952. The van der Waals surface area contributed by atoms with E-state index in [1.54, 1.807) is 11.3 Å². The van der Waals surface area contributed by atoms with Gasteiger partial charge in [0.25, 0.3) is 0 Å². The maximum atomic E-state index is 9.29. The summed E-state index contributed by atoms with van der Waals surface area (Å²) in [5, 5.41) is 11.5. The van der Waals surface area contributed by atoms with Gasteiger partial charge in [-0.2, -0.15) is 0 Å². The molecule has 1 unspecified atom stereocenters. The van der Waals surface area contributed by atoms with Gasteiger partial charge in [0.05, 0.1) is 0 Å². The quantitative estimate of drug-likeness (QED) is 0.134. The third-order valence-corrected chi connectivity index (χ3v) is 13.3. The predicted octanol–water partition coefficient (Wildman–Crippen LogP) is 14.5. The first-order chi connectivity index (χ1) is 27.1. The Bertz CT molecular complexity index is 2890. The van der Waals surface area contributed by atoms with Crippen LogP contribution >= 0.6 is 23.1 Å². The van der Waals surface area contributed by atoms with Gasteiger partial charge in [0, 0.05) is 42.3 Å². The number of rotatable bonds is 6. The molecule has 0 fully saturated rings. The number of thiophene rings is 1. The Morgan fingerprint density at radius 3 is 2.13 bits per heavy atom. The Labute approximate surface area is 329 Å². The third kappa shape index (κ3) is 6.18. The molecule has 0 amide bonds. The minimum absolute atomic E-state index is 0.278. The van der Waals surface area contributed by atoms with Gasteiger partial charge in [0.1, 0.15) is 0 Å². The van der Waals surface area contributed by atoms with Gasteiger partial charge in [-0.3, -0.25) is 5.41 Å². The van der Waals surface area contributed by atoms with Crippen LogP contribution in [-0.4, -0.2) is 11.5 Å². The molecule has 1 aromatic heterocycles. The van der Waals surface area contributed by atoms with E-state index in [4.69, 9.17) is 4.99 Å². The highest BCUT2D eigenvalue weighted by atomic mass is 32.2. The van der Waals surface area contributed by atoms with Gasteiger partial charge in [0.15, 0.2) is 5.84 Å². The molecule has 0 spiro atoms. The standard InChI is InChI=1S/C51H36N2S2/c1-32(33-21-23-35(24-22-33)37-25-27-47-44(30-37)42-17-7-8-19-46(42)54-47)53-51(52)43-18-10-20-49-50(43)45-31-39(26-28-48(45)55-49)41-16-6-5-15-40(41)38-14-9-13-36(29-38)34-11-3-2-4-12-34/h2-29,31,44,52H,30H2,1H3/b52-51?,53-32+. The average molecular weight is 741 g/mol. The summed E-state index contributed by atoms with van der Waals surface area (Å²) < 4.78 is 2.37. The van der Waals surface area contributed by atoms with E-state index in [9.17, 15) is 5.41 Å². The second-order valence-corrected chi connectivity index (χ2v) is 16.5. The molecule has 4 heteroatoms. The zero-order valence-corrected chi connectivity index (χ0v) is 31.9. The van der Waals surface area contributed by atoms with E-state index in [2.05, 4.69) is 170 Å². The van der Waals surface area contributed by atoms with Crippen LogP contribution in [0.3, 0.4) is 0 Å². The van der Waals surface area contributed by atoms with E-state index in [1.807, 2.05) is 24.8 Å². The number of hydrogen-bond acceptors (Lipinski definition) is 3. The zero-order valence-electron chi connectivity index (χ0n) is 30.3. The van der Waals surface area contributed by atoms with E-state index in [0.717, 1.165) is 44.3 Å². The summed E-state index contributed by atoms with van der Waals surface area (Å²) >= 11 is 3.68. The highest BCUT2D eigenvalue weighted by molar-refractivity contribution is 8.03. The fourth-order valence-electron chi connectivity index (χ4n) is 8.15. The largest absolute Gasteiger partial charge is 0.282 e. The van der Waals surface area contributed by atoms with E-state index < -0.39 is 0 Å². The summed E-state index contributed by atoms with van der Waals surface area (Å²) in [6.07, 6.45) is 5.60. The summed E-state index contributed by atoms with van der Waals surface area (Å²) in [6, 6.07) is 58.6. The van der Waals surface area contributed by atoms with Crippen LogP contribution in [0.15, 0.2) is 191 Å². The Morgan fingerprint density at radius 2 is 1.29 bits per heavy atom. The molecule has 2 aliphatic rings. The van der Waals surface area contributed by atoms with E-state index in [1.165, 1.54) is 59.0 Å². The fourth-order valence-corrected chi connectivity index (χ4v) is 10.5. The van der Waals surface area contributed by atoms with Crippen molar-refractivity contribution in [2.45, 2.75) is 24.2 Å². The summed E-state index contributed by atoms with van der Waals surface area (Å²) in [6.45, 7) is 2.01. The lowest BCUT2D eigenvalue weighted by Crippen LogP contribution is -2.04. The van der Waals surface area contributed by atoms with E-state index in [-0.39, 0.29) is 5.84 Å². The molecule has 8 aromatic rings. The van der Waals surface area contributed by atoms with E-state index >= 15 is 0 Å². The number of hydrogen-bond donors (Lipinski definition) is 1. The van der Waals surface area contributed by atoms with Crippen molar-refractivity contribution in [1.82, 2.24) is 0 Å². The Morgan fingerprint density at radius 1 is 0.600 bits per heavy atom. The van der Waals surface area contributed by atoms with Gasteiger partial charge in [-0.05, 0) is 104 Å². The van der Waals surface area contributed by atoms with Crippen molar-refractivity contribution in [3.05, 3.63) is 203 Å². The molecule has 0 radical (unpaired) electrons. The maximum absolute atomic E-state index is 9.29. The molecular formula is C51H36N2S2. The molecule has 0 saturated heterocycles. The van der Waals surface area contributed by atoms with Crippen LogP contribution in [0.4, 0.5) is 0 Å². The van der Waals surface area contributed by atoms with Crippen molar-refractivity contribution in [2.24, 2.45) is 4.99 Å². The van der Waals surface area contributed by atoms with Crippen molar-refractivity contribution >= 4 is 60.4 Å². The SMILES string of the molecule is C/C(=N\C(=N)c1cccc2sc3ccc(-c4ccccc4-c4cccc(-c5ccccc5)c4)cc3c12)c1ccc(C2=CC=C3Sc4ccccc4C3C2)cc1. The highest BCUT2D eigenvalue weighted by Crippen LogP contribution is 2.53. The molecule has 0 bridgehead atoms. The first kappa shape index (κ1) is 33.5. The monoisotopic (exact) mass is 740 g/mol. The van der Waals surface area contributed by atoms with Crippen molar-refractivity contribution in [3.8, 4) is 33.4 Å². The summed E-state index contributed by atoms with van der Waals surface area (Å²) in [5.41, 5.74) is 13.9. The van der Waals surface area contributed by atoms with Crippen LogP contribution in [-0.2, 0) is 0 Å². The second-order valence-electron chi connectivity index (χ2n) is 14.3. The van der Waals surface area contributed by atoms with Crippen LogP contribution in [0, 0.1) is 5.41 Å². The molecule has 262 valence electrons. The molecule has 10 rings (SSSR count). The predicted molar refractivity (Wildman–Crippen MR) is 237 cm³/mol. The van der Waals surface area contributed by atoms with Crippen LogP contribution in [0.5, 0.6) is 0 Å². The highest BCUT2D eigenvalue weighted by Gasteiger charge is 2.30. The number of fused-ring (bicyclic) bond motifs is 6. The Hall–Kier alpha value is -6.07. The van der Waals surface area contributed by atoms with Crippen LogP contribution in [0.25, 0.3) is 59.1 Å². The molecule has 1 atom stereocenters. The zero-order chi connectivity index (χ0) is 36.9. The van der Waals surface area contributed by atoms with Gasteiger partial charge in [-0.25, -0.2) is 4.99 Å². The first-order valence-electron chi connectivity index (χ1n) is 18.7. The molecule has 1 N–H and O–H groups in total. The molecule has 55 heavy (non-hydrogen) atoms. The number of allylic oxidation sites excluding steroid dienone is 4. The number of amidine groups is 1. The van der Waals surface area contributed by atoms with Crippen molar-refractivity contribution in [3.63, 3.8) is 0 Å². The second kappa shape index (κ2) is 14.0. The molecule has 1 aliphatic carbocycles. The van der Waals surface area contributed by atoms with E-state index in [0.29, 0.717) is 5.92 Å². The normalized spacial score (nSPS) is 15.1. The number of aliphatic imine (C=N–C) groups is 1. The number of thioether (sulfide) groups is 1. The fraction of sp³-hybridized carbons (Fsp3) is 0.0588. The first-order valence-corrected chi connectivity index (χ1v) is 20.3. The number of nitrogens with zero attached hydrogens (tertiary/aromatic N) is 1. The molecule has 1 aliphatic heterocycles. The minimum Gasteiger partial charge on any atom is -0.282 e. The number of nitrogens with one attached hydrogen (secondary N) is 1. The van der Waals surface area contributed by atoms with Gasteiger partial charge < -0.3 is 0 Å². The topological polar surface area (TPSA) is 36.2 Å². The molecule has 2 heterocycles. The van der Waals surface area contributed by atoms with Crippen LogP contribution < -0.4 is 0 Å².